The largest absolute Gasteiger partial charge is 0.349 e. The number of hydrogen-bond donors (Lipinski definition) is 1. The zero-order valence-corrected chi connectivity index (χ0v) is 12.1. The Hall–Kier alpha value is -0.730. The molecule has 0 spiro atoms. The van der Waals surface area contributed by atoms with Crippen molar-refractivity contribution < 1.29 is 4.79 Å². The highest BCUT2D eigenvalue weighted by Gasteiger charge is 2.56. The van der Waals surface area contributed by atoms with Crippen molar-refractivity contribution in [3.8, 4) is 0 Å². The minimum atomic E-state index is -0.852. The highest BCUT2D eigenvalue weighted by Crippen LogP contribution is 2.53. The van der Waals surface area contributed by atoms with Crippen LogP contribution in [0.2, 0.25) is 0 Å². The van der Waals surface area contributed by atoms with Gasteiger partial charge in [-0.2, -0.15) is 0 Å². The molecule has 1 N–H and O–H groups in total. The monoisotopic (exact) mass is 285 g/mol. The van der Waals surface area contributed by atoms with Crippen LogP contribution in [0.5, 0.6) is 0 Å². The molecule has 0 bridgehead atoms. The second-order valence-corrected chi connectivity index (χ2v) is 6.44. The van der Waals surface area contributed by atoms with Crippen LogP contribution in [0.1, 0.15) is 36.9 Å². The summed E-state index contributed by atoms with van der Waals surface area (Å²) in [5.74, 6) is -0.312. The van der Waals surface area contributed by atoms with E-state index in [-0.39, 0.29) is 17.9 Å². The lowest BCUT2D eigenvalue weighted by atomic mass is 10.0. The van der Waals surface area contributed by atoms with Crippen LogP contribution in [0.15, 0.2) is 24.3 Å². The van der Waals surface area contributed by atoms with E-state index in [0.717, 1.165) is 12.0 Å². The third kappa shape index (κ3) is 2.99. The number of nitrogens with one attached hydrogen (secondary N) is 1. The van der Waals surface area contributed by atoms with Gasteiger partial charge in [0.05, 0.1) is 12.0 Å². The molecule has 0 saturated heterocycles. The van der Waals surface area contributed by atoms with Gasteiger partial charge in [0.1, 0.15) is 4.33 Å². The summed E-state index contributed by atoms with van der Waals surface area (Å²) in [6.45, 7) is 4.09. The zero-order chi connectivity index (χ0) is 13.3. The van der Waals surface area contributed by atoms with Gasteiger partial charge in [-0.05, 0) is 25.3 Å². The van der Waals surface area contributed by atoms with E-state index in [1.165, 1.54) is 5.56 Å². The fraction of sp³-hybridized carbons (Fsp3) is 0.500. The highest BCUT2D eigenvalue weighted by atomic mass is 35.5. The summed E-state index contributed by atoms with van der Waals surface area (Å²) in [4.78, 5) is 12.0. The molecule has 4 heteroatoms. The van der Waals surface area contributed by atoms with E-state index >= 15 is 0 Å². The molecule has 0 aromatic heterocycles. The molecule has 0 aliphatic heterocycles. The Morgan fingerprint density at radius 1 is 1.44 bits per heavy atom. The molecule has 1 aromatic carbocycles. The predicted molar refractivity (Wildman–Crippen MR) is 74.9 cm³/mol. The average Bonchev–Trinajstić information content (AvgIpc) is 2.97. The van der Waals surface area contributed by atoms with Crippen LogP contribution in [-0.2, 0) is 4.79 Å². The maximum absolute atomic E-state index is 12.0. The highest BCUT2D eigenvalue weighted by molar-refractivity contribution is 6.52. The fourth-order valence-corrected chi connectivity index (χ4v) is 2.50. The van der Waals surface area contributed by atoms with Crippen molar-refractivity contribution in [2.24, 2.45) is 5.92 Å². The van der Waals surface area contributed by atoms with Crippen LogP contribution in [0.25, 0.3) is 0 Å². The number of aryl methyl sites for hydroxylation is 1. The van der Waals surface area contributed by atoms with Gasteiger partial charge >= 0.3 is 0 Å². The van der Waals surface area contributed by atoms with Crippen molar-refractivity contribution in [1.82, 2.24) is 5.32 Å². The van der Waals surface area contributed by atoms with Crippen LogP contribution >= 0.6 is 23.2 Å². The Bertz CT molecular complexity index is 442. The minimum absolute atomic E-state index is 0.0304. The summed E-state index contributed by atoms with van der Waals surface area (Å²) in [6, 6.07) is 8.22. The van der Waals surface area contributed by atoms with Crippen LogP contribution in [0, 0.1) is 12.8 Å². The number of alkyl halides is 2. The standard InChI is InChI=1S/C14H17Cl2NO/c1-3-12(10-6-4-9(2)5-7-10)17-13(18)11-8-14(11,15)16/h4-7,11-12H,3,8H2,1-2H3,(H,17,18). The summed E-state index contributed by atoms with van der Waals surface area (Å²) in [6.07, 6.45) is 1.39. The van der Waals surface area contributed by atoms with Gasteiger partial charge in [0.25, 0.3) is 0 Å². The molecule has 18 heavy (non-hydrogen) atoms. The smallest absolute Gasteiger partial charge is 0.226 e. The molecule has 1 fully saturated rings. The third-order valence-corrected chi connectivity index (χ3v) is 4.18. The van der Waals surface area contributed by atoms with Crippen LogP contribution < -0.4 is 5.32 Å². The maximum Gasteiger partial charge on any atom is 0.226 e. The van der Waals surface area contributed by atoms with Gasteiger partial charge in [0, 0.05) is 0 Å². The van der Waals surface area contributed by atoms with E-state index in [4.69, 9.17) is 23.2 Å². The molecule has 1 aliphatic rings. The van der Waals surface area contributed by atoms with Crippen LogP contribution in [0.4, 0.5) is 0 Å². The van der Waals surface area contributed by atoms with Crippen molar-refractivity contribution >= 4 is 29.1 Å². The van der Waals surface area contributed by atoms with Gasteiger partial charge in [0.15, 0.2) is 0 Å². The topological polar surface area (TPSA) is 29.1 Å². The quantitative estimate of drug-likeness (QED) is 0.839. The lowest BCUT2D eigenvalue weighted by Gasteiger charge is -2.18. The van der Waals surface area contributed by atoms with Gasteiger partial charge in [-0.1, -0.05) is 36.8 Å². The molecule has 1 amide bonds. The Kier molecular flexibility index (Phi) is 3.88. The molecule has 2 nitrogen and oxygen atoms in total. The summed E-state index contributed by atoms with van der Waals surface area (Å²) in [5.41, 5.74) is 2.33. The van der Waals surface area contributed by atoms with Crippen molar-refractivity contribution in [2.45, 2.75) is 37.1 Å². The fourth-order valence-electron chi connectivity index (χ4n) is 1.99. The molecule has 98 valence electrons. The number of amides is 1. The number of hydrogen-bond acceptors (Lipinski definition) is 1. The van der Waals surface area contributed by atoms with E-state index in [1.54, 1.807) is 0 Å². The Morgan fingerprint density at radius 3 is 2.44 bits per heavy atom. The summed E-state index contributed by atoms with van der Waals surface area (Å²) in [5, 5.41) is 3.01. The number of benzene rings is 1. The lowest BCUT2D eigenvalue weighted by molar-refractivity contribution is -0.123. The second-order valence-electron chi connectivity index (χ2n) is 4.90. The summed E-state index contributed by atoms with van der Waals surface area (Å²) < 4.78 is -0.852. The van der Waals surface area contributed by atoms with E-state index in [2.05, 4.69) is 17.4 Å². The Labute approximate surface area is 118 Å². The van der Waals surface area contributed by atoms with Crippen molar-refractivity contribution in [3.63, 3.8) is 0 Å². The first-order valence-electron chi connectivity index (χ1n) is 6.19. The van der Waals surface area contributed by atoms with Gasteiger partial charge in [-0.3, -0.25) is 4.79 Å². The summed E-state index contributed by atoms with van der Waals surface area (Å²) in [7, 11) is 0. The molecule has 2 atom stereocenters. The van der Waals surface area contributed by atoms with Gasteiger partial charge < -0.3 is 5.32 Å². The van der Waals surface area contributed by atoms with Gasteiger partial charge in [-0.25, -0.2) is 0 Å². The SMILES string of the molecule is CCC(NC(=O)C1CC1(Cl)Cl)c1ccc(C)cc1. The summed E-state index contributed by atoms with van der Waals surface area (Å²) >= 11 is 11.8. The van der Waals surface area contributed by atoms with Gasteiger partial charge in [-0.15, -0.1) is 23.2 Å². The first kappa shape index (κ1) is 13.7. The number of carbonyl (C=O) groups is 1. The van der Waals surface area contributed by atoms with Crippen molar-refractivity contribution in [1.29, 1.82) is 0 Å². The van der Waals surface area contributed by atoms with E-state index in [0.29, 0.717) is 6.42 Å². The normalized spacial score (nSPS) is 22.3. The average molecular weight is 286 g/mol. The van der Waals surface area contributed by atoms with Crippen molar-refractivity contribution in [2.75, 3.05) is 0 Å². The number of rotatable bonds is 4. The third-order valence-electron chi connectivity index (χ3n) is 3.35. The minimum Gasteiger partial charge on any atom is -0.349 e. The molecular formula is C14H17Cl2NO. The molecule has 0 heterocycles. The molecular weight excluding hydrogens is 269 g/mol. The number of carbonyl (C=O) groups excluding carboxylic acids is 1. The lowest BCUT2D eigenvalue weighted by Crippen LogP contribution is -2.30. The van der Waals surface area contributed by atoms with E-state index < -0.39 is 4.33 Å². The zero-order valence-electron chi connectivity index (χ0n) is 10.5. The van der Waals surface area contributed by atoms with E-state index in [9.17, 15) is 4.79 Å². The predicted octanol–water partition coefficient (Wildman–Crippen LogP) is 3.76. The van der Waals surface area contributed by atoms with E-state index in [1.807, 2.05) is 26.0 Å². The molecule has 1 aliphatic carbocycles. The molecule has 0 radical (unpaired) electrons. The molecule has 2 rings (SSSR count). The molecule has 1 aromatic rings. The van der Waals surface area contributed by atoms with Gasteiger partial charge in [0.2, 0.25) is 5.91 Å². The molecule has 2 unspecified atom stereocenters. The first-order valence-corrected chi connectivity index (χ1v) is 6.94. The number of halogens is 2. The van der Waals surface area contributed by atoms with Crippen LogP contribution in [0.3, 0.4) is 0 Å². The van der Waals surface area contributed by atoms with Crippen molar-refractivity contribution in [3.05, 3.63) is 35.4 Å². The second kappa shape index (κ2) is 5.10. The Morgan fingerprint density at radius 2 is 2.00 bits per heavy atom. The molecule has 1 saturated carbocycles. The van der Waals surface area contributed by atoms with Crippen LogP contribution in [-0.4, -0.2) is 10.2 Å². The Balaban J connectivity index is 2.02. The maximum atomic E-state index is 12.0. The first-order chi connectivity index (χ1) is 8.44.